The fourth-order valence-corrected chi connectivity index (χ4v) is 2.43. The summed E-state index contributed by atoms with van der Waals surface area (Å²) in [5.41, 5.74) is 1.87. The Hall–Kier alpha value is -3.27. The van der Waals surface area contributed by atoms with E-state index >= 15 is 0 Å². The predicted molar refractivity (Wildman–Crippen MR) is 92.9 cm³/mol. The van der Waals surface area contributed by atoms with E-state index in [1.54, 1.807) is 45.0 Å². The first-order valence-corrected chi connectivity index (χ1v) is 8.20. The maximum absolute atomic E-state index is 12.3. The largest absolute Gasteiger partial charge is 0.487 e. The van der Waals surface area contributed by atoms with Gasteiger partial charge in [-0.1, -0.05) is 0 Å². The highest BCUT2D eigenvalue weighted by molar-refractivity contribution is 5.98. The molecule has 1 heterocycles. The number of hydrogen-bond acceptors (Lipinski definition) is 6. The monoisotopic (exact) mass is 356 g/mol. The summed E-state index contributed by atoms with van der Waals surface area (Å²) >= 11 is 0. The lowest BCUT2D eigenvalue weighted by atomic mass is 10.1. The predicted octanol–water partition coefficient (Wildman–Crippen LogP) is 3.13. The zero-order chi connectivity index (χ0) is 19.1. The summed E-state index contributed by atoms with van der Waals surface area (Å²) in [6.07, 6.45) is 0. The number of nitriles is 1. The van der Waals surface area contributed by atoms with Gasteiger partial charge in [0.1, 0.15) is 18.1 Å². The van der Waals surface area contributed by atoms with Crippen LogP contribution in [-0.2, 0) is 16.1 Å². The summed E-state index contributed by atoms with van der Waals surface area (Å²) in [7, 11) is 0. The van der Waals surface area contributed by atoms with Crippen molar-refractivity contribution in [2.75, 3.05) is 13.2 Å². The van der Waals surface area contributed by atoms with E-state index in [1.165, 1.54) is 0 Å². The SMILES string of the molecule is CCOC(=O)c1[nH]c(COc2ccc(C#N)cc2)c(C(=O)OCC)c1C. The van der Waals surface area contributed by atoms with Crippen LogP contribution in [0.5, 0.6) is 5.75 Å². The fraction of sp³-hybridized carbons (Fsp3) is 0.316. The van der Waals surface area contributed by atoms with E-state index in [1.807, 2.05) is 6.07 Å². The third kappa shape index (κ3) is 4.22. The van der Waals surface area contributed by atoms with E-state index < -0.39 is 11.9 Å². The van der Waals surface area contributed by atoms with Crippen LogP contribution >= 0.6 is 0 Å². The molecule has 0 aliphatic rings. The molecule has 7 nitrogen and oxygen atoms in total. The van der Waals surface area contributed by atoms with Gasteiger partial charge in [0.15, 0.2) is 0 Å². The van der Waals surface area contributed by atoms with Gasteiger partial charge >= 0.3 is 11.9 Å². The minimum atomic E-state index is -0.542. The average molecular weight is 356 g/mol. The summed E-state index contributed by atoms with van der Waals surface area (Å²) < 4.78 is 15.8. The van der Waals surface area contributed by atoms with Crippen molar-refractivity contribution in [1.82, 2.24) is 4.98 Å². The fourth-order valence-electron chi connectivity index (χ4n) is 2.43. The lowest BCUT2D eigenvalue weighted by Crippen LogP contribution is -2.10. The van der Waals surface area contributed by atoms with Gasteiger partial charge in [0, 0.05) is 0 Å². The molecule has 26 heavy (non-hydrogen) atoms. The Morgan fingerprint density at radius 1 is 1.08 bits per heavy atom. The van der Waals surface area contributed by atoms with Crippen molar-refractivity contribution in [2.45, 2.75) is 27.4 Å². The number of nitrogens with one attached hydrogen (secondary N) is 1. The number of carbonyl (C=O) groups excluding carboxylic acids is 2. The molecule has 1 aromatic carbocycles. The van der Waals surface area contributed by atoms with Gasteiger partial charge in [0.25, 0.3) is 0 Å². The molecule has 2 aromatic rings. The van der Waals surface area contributed by atoms with Gasteiger partial charge in [0.05, 0.1) is 36.1 Å². The normalized spacial score (nSPS) is 10.1. The average Bonchev–Trinajstić information content (AvgIpc) is 2.97. The lowest BCUT2D eigenvalue weighted by Gasteiger charge is -2.08. The van der Waals surface area contributed by atoms with Crippen LogP contribution in [0.15, 0.2) is 24.3 Å². The number of aromatic amines is 1. The molecule has 0 radical (unpaired) electrons. The number of esters is 2. The van der Waals surface area contributed by atoms with Gasteiger partial charge in [-0.05, 0) is 50.6 Å². The highest BCUT2D eigenvalue weighted by Gasteiger charge is 2.25. The van der Waals surface area contributed by atoms with Gasteiger partial charge in [-0.15, -0.1) is 0 Å². The van der Waals surface area contributed by atoms with Crippen molar-refractivity contribution in [1.29, 1.82) is 5.26 Å². The van der Waals surface area contributed by atoms with E-state index in [4.69, 9.17) is 19.5 Å². The third-order valence-electron chi connectivity index (χ3n) is 3.65. The molecule has 0 saturated heterocycles. The smallest absolute Gasteiger partial charge is 0.355 e. The van der Waals surface area contributed by atoms with Crippen molar-refractivity contribution in [3.05, 3.63) is 52.3 Å². The minimum absolute atomic E-state index is 0.0281. The van der Waals surface area contributed by atoms with Crippen molar-refractivity contribution >= 4 is 11.9 Å². The molecule has 0 bridgehead atoms. The zero-order valence-electron chi connectivity index (χ0n) is 14.9. The molecule has 2 rings (SSSR count). The Bertz CT molecular complexity index is 831. The first kappa shape index (κ1) is 19.1. The quantitative estimate of drug-likeness (QED) is 0.765. The molecule has 7 heteroatoms. The number of benzene rings is 1. The van der Waals surface area contributed by atoms with Gasteiger partial charge < -0.3 is 19.2 Å². The molecule has 0 aliphatic heterocycles. The molecule has 1 aromatic heterocycles. The number of aromatic nitrogens is 1. The van der Waals surface area contributed by atoms with Crippen LogP contribution in [0.4, 0.5) is 0 Å². The van der Waals surface area contributed by atoms with Crippen LogP contribution in [0.3, 0.4) is 0 Å². The summed E-state index contributed by atoms with van der Waals surface area (Å²) in [6, 6.07) is 8.60. The summed E-state index contributed by atoms with van der Waals surface area (Å²) in [6.45, 7) is 5.54. The van der Waals surface area contributed by atoms with Crippen LogP contribution in [0.25, 0.3) is 0 Å². The molecule has 0 aliphatic carbocycles. The van der Waals surface area contributed by atoms with E-state index in [-0.39, 0.29) is 31.1 Å². The van der Waals surface area contributed by atoms with Crippen molar-refractivity contribution < 1.29 is 23.8 Å². The number of ether oxygens (including phenoxy) is 3. The third-order valence-corrected chi connectivity index (χ3v) is 3.65. The van der Waals surface area contributed by atoms with Crippen LogP contribution in [0, 0.1) is 18.3 Å². The zero-order valence-corrected chi connectivity index (χ0v) is 14.9. The topological polar surface area (TPSA) is 101 Å². The van der Waals surface area contributed by atoms with Crippen molar-refractivity contribution in [2.24, 2.45) is 0 Å². The molecule has 1 N–H and O–H groups in total. The second kappa shape index (κ2) is 8.72. The van der Waals surface area contributed by atoms with E-state index in [9.17, 15) is 9.59 Å². The Balaban J connectivity index is 2.29. The highest BCUT2D eigenvalue weighted by atomic mass is 16.5. The highest BCUT2D eigenvalue weighted by Crippen LogP contribution is 2.22. The standard InChI is InChI=1S/C19H20N2O5/c1-4-24-18(22)16-12(3)17(19(23)25-5-2)21-15(16)11-26-14-8-6-13(10-20)7-9-14/h6-9,21H,4-5,11H2,1-3H3. The minimum Gasteiger partial charge on any atom is -0.487 e. The Morgan fingerprint density at radius 3 is 2.27 bits per heavy atom. The number of rotatable bonds is 7. The molecule has 0 amide bonds. The van der Waals surface area contributed by atoms with Crippen LogP contribution in [0.2, 0.25) is 0 Å². The summed E-state index contributed by atoms with van der Waals surface area (Å²) in [4.78, 5) is 27.3. The molecule has 0 spiro atoms. The van der Waals surface area contributed by atoms with Crippen LogP contribution in [-0.4, -0.2) is 30.1 Å². The second-order valence-electron chi connectivity index (χ2n) is 5.34. The Morgan fingerprint density at radius 2 is 1.69 bits per heavy atom. The van der Waals surface area contributed by atoms with Crippen LogP contribution in [0.1, 0.15) is 51.5 Å². The summed E-state index contributed by atoms with van der Waals surface area (Å²) in [5, 5.41) is 8.82. The number of hydrogen-bond donors (Lipinski definition) is 1. The van der Waals surface area contributed by atoms with Gasteiger partial charge in [-0.2, -0.15) is 5.26 Å². The molecule has 0 fully saturated rings. The molecule has 136 valence electrons. The summed E-state index contributed by atoms with van der Waals surface area (Å²) in [5.74, 6) is -0.542. The molecular weight excluding hydrogens is 336 g/mol. The van der Waals surface area contributed by atoms with Crippen molar-refractivity contribution in [3.63, 3.8) is 0 Å². The Labute approximate surface area is 151 Å². The first-order valence-electron chi connectivity index (χ1n) is 8.20. The molecule has 0 unspecified atom stereocenters. The molecular formula is C19H20N2O5. The number of H-pyrrole nitrogens is 1. The second-order valence-corrected chi connectivity index (χ2v) is 5.34. The number of carbonyl (C=O) groups is 2. The van der Waals surface area contributed by atoms with Gasteiger partial charge in [-0.25, -0.2) is 9.59 Å². The molecule has 0 saturated carbocycles. The Kier molecular flexibility index (Phi) is 6.39. The van der Waals surface area contributed by atoms with Gasteiger partial charge in [-0.3, -0.25) is 0 Å². The van der Waals surface area contributed by atoms with Crippen LogP contribution < -0.4 is 4.74 Å². The molecule has 0 atom stereocenters. The van der Waals surface area contributed by atoms with E-state index in [0.717, 1.165) is 0 Å². The van der Waals surface area contributed by atoms with Crippen molar-refractivity contribution in [3.8, 4) is 11.8 Å². The number of nitrogens with zero attached hydrogens (tertiary/aromatic N) is 1. The maximum atomic E-state index is 12.3. The van der Waals surface area contributed by atoms with E-state index in [2.05, 4.69) is 4.98 Å². The maximum Gasteiger partial charge on any atom is 0.355 e. The van der Waals surface area contributed by atoms with E-state index in [0.29, 0.717) is 22.6 Å². The first-order chi connectivity index (χ1) is 12.5. The van der Waals surface area contributed by atoms with Gasteiger partial charge in [0.2, 0.25) is 0 Å². The lowest BCUT2D eigenvalue weighted by molar-refractivity contribution is 0.0516.